The Kier molecular flexibility index (Phi) is 6.90. The molecule has 1 saturated heterocycles. The molecule has 1 N–H and O–H groups in total. The molecule has 34 heavy (non-hydrogen) atoms. The van der Waals surface area contributed by atoms with E-state index in [4.69, 9.17) is 9.72 Å². The van der Waals surface area contributed by atoms with Gasteiger partial charge < -0.3 is 19.7 Å². The Morgan fingerprint density at radius 2 is 1.85 bits per heavy atom. The molecule has 1 aliphatic carbocycles. The smallest absolute Gasteiger partial charge is 0.227 e. The lowest BCUT2D eigenvalue weighted by molar-refractivity contribution is -0.108. The number of carbonyl (C=O) groups is 1. The molecule has 0 amide bonds. The monoisotopic (exact) mass is 459 g/mol. The second-order valence-corrected chi connectivity index (χ2v) is 9.27. The molecule has 2 aromatic carbocycles. The molecule has 1 saturated carbocycles. The predicted octanol–water partition coefficient (Wildman–Crippen LogP) is 4.75. The molecule has 2 heterocycles. The molecule has 1 aromatic heterocycles. The van der Waals surface area contributed by atoms with Gasteiger partial charge in [0, 0.05) is 54.7 Å². The number of fused-ring (bicyclic) bond motifs is 1. The number of aromatic nitrogens is 2. The summed E-state index contributed by atoms with van der Waals surface area (Å²) in [6.07, 6.45) is 8.86. The van der Waals surface area contributed by atoms with Crippen LogP contribution >= 0.6 is 0 Å². The maximum atomic E-state index is 10.8. The second-order valence-electron chi connectivity index (χ2n) is 9.27. The predicted molar refractivity (Wildman–Crippen MR) is 136 cm³/mol. The molecule has 0 unspecified atom stereocenters. The van der Waals surface area contributed by atoms with E-state index < -0.39 is 0 Å². The zero-order valence-corrected chi connectivity index (χ0v) is 19.9. The number of hydrogen-bond acceptors (Lipinski definition) is 7. The normalized spacial score (nSPS) is 17.6. The Bertz CT molecular complexity index is 1130. The third kappa shape index (κ3) is 4.85. The molecule has 0 atom stereocenters. The lowest BCUT2D eigenvalue weighted by Crippen LogP contribution is -2.31. The SMILES string of the molecule is COc1ccc2cnc(Nc3ccc(N4CCCN(CC=O)CC4)cc3)nc2c1C1CCCC1. The van der Waals surface area contributed by atoms with Crippen LogP contribution in [0.2, 0.25) is 0 Å². The van der Waals surface area contributed by atoms with Gasteiger partial charge in [0.05, 0.1) is 19.2 Å². The van der Waals surface area contributed by atoms with E-state index >= 15 is 0 Å². The van der Waals surface area contributed by atoms with E-state index in [-0.39, 0.29) is 0 Å². The first-order chi connectivity index (χ1) is 16.7. The Morgan fingerprint density at radius 1 is 1.03 bits per heavy atom. The van der Waals surface area contributed by atoms with Crippen LogP contribution in [-0.4, -0.2) is 61.0 Å². The second kappa shape index (κ2) is 10.4. The number of aldehydes is 1. The van der Waals surface area contributed by atoms with E-state index in [1.807, 2.05) is 18.3 Å². The van der Waals surface area contributed by atoms with Crippen molar-refractivity contribution in [2.24, 2.45) is 0 Å². The van der Waals surface area contributed by atoms with Crippen LogP contribution in [-0.2, 0) is 4.79 Å². The Labute approximate surface area is 201 Å². The summed E-state index contributed by atoms with van der Waals surface area (Å²) in [5.41, 5.74) is 4.38. The van der Waals surface area contributed by atoms with Gasteiger partial charge in [-0.25, -0.2) is 9.97 Å². The van der Waals surface area contributed by atoms with Crippen LogP contribution in [0.5, 0.6) is 5.75 Å². The van der Waals surface area contributed by atoms with Crippen molar-refractivity contribution in [3.63, 3.8) is 0 Å². The van der Waals surface area contributed by atoms with E-state index in [1.54, 1.807) is 7.11 Å². The highest BCUT2D eigenvalue weighted by atomic mass is 16.5. The van der Waals surface area contributed by atoms with Gasteiger partial charge in [-0.05, 0) is 61.6 Å². The Balaban J connectivity index is 1.34. The molecule has 2 aliphatic rings. The minimum Gasteiger partial charge on any atom is -0.496 e. The zero-order chi connectivity index (χ0) is 23.3. The van der Waals surface area contributed by atoms with Gasteiger partial charge in [-0.15, -0.1) is 0 Å². The average molecular weight is 460 g/mol. The highest BCUT2D eigenvalue weighted by molar-refractivity contribution is 5.85. The van der Waals surface area contributed by atoms with Crippen molar-refractivity contribution in [1.82, 2.24) is 14.9 Å². The van der Waals surface area contributed by atoms with Crippen molar-refractivity contribution >= 4 is 34.5 Å². The van der Waals surface area contributed by atoms with E-state index in [0.29, 0.717) is 18.4 Å². The van der Waals surface area contributed by atoms with E-state index in [9.17, 15) is 4.79 Å². The van der Waals surface area contributed by atoms with Gasteiger partial charge in [-0.1, -0.05) is 12.8 Å². The number of hydrogen-bond donors (Lipinski definition) is 1. The fraction of sp³-hybridized carbons (Fsp3) is 0.444. The molecule has 5 rings (SSSR count). The van der Waals surface area contributed by atoms with Crippen LogP contribution in [0.1, 0.15) is 43.6 Å². The lowest BCUT2D eigenvalue weighted by atomic mass is 9.94. The molecule has 3 aromatic rings. The summed E-state index contributed by atoms with van der Waals surface area (Å²) in [5, 5.41) is 4.44. The summed E-state index contributed by atoms with van der Waals surface area (Å²) >= 11 is 0. The average Bonchev–Trinajstić information content (AvgIpc) is 3.30. The summed E-state index contributed by atoms with van der Waals surface area (Å²) in [6.45, 7) is 4.34. The summed E-state index contributed by atoms with van der Waals surface area (Å²) in [4.78, 5) is 24.9. The fourth-order valence-electron chi connectivity index (χ4n) is 5.35. The van der Waals surface area contributed by atoms with Crippen molar-refractivity contribution in [2.45, 2.75) is 38.0 Å². The summed E-state index contributed by atoms with van der Waals surface area (Å²) in [5.74, 6) is 2.03. The molecule has 1 aliphatic heterocycles. The largest absolute Gasteiger partial charge is 0.496 e. The van der Waals surface area contributed by atoms with Gasteiger partial charge in [-0.3, -0.25) is 4.90 Å². The molecule has 7 heteroatoms. The molecular formula is C27H33N5O2. The number of nitrogens with zero attached hydrogens (tertiary/aromatic N) is 4. The molecule has 0 radical (unpaired) electrons. The molecule has 0 bridgehead atoms. The standard InChI is InChI=1S/C27H33N5O2/c1-34-24-12-7-21-19-28-27(30-26(21)25(24)20-5-2-3-6-20)29-22-8-10-23(11-9-22)32-14-4-13-31(15-16-32)17-18-33/h7-12,18-20H,2-6,13-17H2,1H3,(H,28,29,30). The van der Waals surface area contributed by atoms with Crippen molar-refractivity contribution < 1.29 is 9.53 Å². The van der Waals surface area contributed by atoms with Crippen LogP contribution in [0.15, 0.2) is 42.6 Å². The molecule has 0 spiro atoms. The zero-order valence-electron chi connectivity index (χ0n) is 19.9. The van der Waals surface area contributed by atoms with Crippen molar-refractivity contribution in [1.29, 1.82) is 0 Å². The van der Waals surface area contributed by atoms with Gasteiger partial charge in [0.25, 0.3) is 0 Å². The number of anilines is 3. The summed E-state index contributed by atoms with van der Waals surface area (Å²) in [6, 6.07) is 12.5. The van der Waals surface area contributed by atoms with E-state index in [0.717, 1.165) is 61.2 Å². The third-order valence-corrected chi connectivity index (χ3v) is 7.15. The van der Waals surface area contributed by atoms with Crippen LogP contribution in [0.25, 0.3) is 10.9 Å². The number of nitrogens with one attached hydrogen (secondary N) is 1. The van der Waals surface area contributed by atoms with E-state index in [1.165, 1.54) is 36.9 Å². The Hall–Kier alpha value is -3.19. The van der Waals surface area contributed by atoms with Gasteiger partial charge in [0.1, 0.15) is 12.0 Å². The molecule has 7 nitrogen and oxygen atoms in total. The number of rotatable bonds is 7. The minimum absolute atomic E-state index is 0.497. The number of methoxy groups -OCH3 is 1. The lowest BCUT2D eigenvalue weighted by Gasteiger charge is -2.23. The van der Waals surface area contributed by atoms with E-state index in [2.05, 4.69) is 44.4 Å². The maximum absolute atomic E-state index is 10.8. The van der Waals surface area contributed by atoms with Crippen molar-refractivity contribution in [3.05, 3.63) is 48.2 Å². The number of carbonyl (C=O) groups excluding carboxylic acids is 1. The van der Waals surface area contributed by atoms with Gasteiger partial charge >= 0.3 is 0 Å². The number of ether oxygens (including phenoxy) is 1. The quantitative estimate of drug-likeness (QED) is 0.511. The maximum Gasteiger partial charge on any atom is 0.227 e. The first-order valence-electron chi connectivity index (χ1n) is 12.4. The Morgan fingerprint density at radius 3 is 2.62 bits per heavy atom. The molecular weight excluding hydrogens is 426 g/mol. The molecule has 178 valence electrons. The first kappa shape index (κ1) is 22.6. The number of benzene rings is 2. The fourth-order valence-corrected chi connectivity index (χ4v) is 5.35. The van der Waals surface area contributed by atoms with Crippen molar-refractivity contribution in [3.8, 4) is 5.75 Å². The topological polar surface area (TPSA) is 70.6 Å². The third-order valence-electron chi connectivity index (χ3n) is 7.15. The van der Waals surface area contributed by atoms with Crippen LogP contribution in [0.3, 0.4) is 0 Å². The van der Waals surface area contributed by atoms with Crippen LogP contribution in [0.4, 0.5) is 17.3 Å². The van der Waals surface area contributed by atoms with Gasteiger partial charge in [0.15, 0.2) is 0 Å². The van der Waals surface area contributed by atoms with Crippen molar-refractivity contribution in [2.75, 3.05) is 50.1 Å². The summed E-state index contributed by atoms with van der Waals surface area (Å²) < 4.78 is 5.72. The first-order valence-corrected chi connectivity index (χ1v) is 12.4. The van der Waals surface area contributed by atoms with Crippen LogP contribution in [0, 0.1) is 0 Å². The molecule has 2 fully saturated rings. The van der Waals surface area contributed by atoms with Crippen LogP contribution < -0.4 is 15.0 Å². The summed E-state index contributed by atoms with van der Waals surface area (Å²) in [7, 11) is 1.74. The highest BCUT2D eigenvalue weighted by Gasteiger charge is 2.24. The van der Waals surface area contributed by atoms with Gasteiger partial charge in [-0.2, -0.15) is 0 Å². The highest BCUT2D eigenvalue weighted by Crippen LogP contribution is 2.42. The minimum atomic E-state index is 0.497. The van der Waals surface area contributed by atoms with Gasteiger partial charge in [0.2, 0.25) is 5.95 Å².